The van der Waals surface area contributed by atoms with E-state index in [1.165, 1.54) is 0 Å². The fourth-order valence-corrected chi connectivity index (χ4v) is 5.33. The summed E-state index contributed by atoms with van der Waals surface area (Å²) < 4.78 is 78.0. The molecule has 1 aliphatic carbocycles. The van der Waals surface area contributed by atoms with Crippen LogP contribution < -0.4 is 16.0 Å². The number of halogens is 6. The summed E-state index contributed by atoms with van der Waals surface area (Å²) >= 11 is 0. The highest BCUT2D eigenvalue weighted by atomic mass is 19.4. The third-order valence-electron chi connectivity index (χ3n) is 7.61. The van der Waals surface area contributed by atoms with Gasteiger partial charge in [0.15, 0.2) is 5.78 Å². The maximum atomic E-state index is 13.4. The van der Waals surface area contributed by atoms with E-state index in [1.54, 1.807) is 18.2 Å². The molecule has 6 nitrogen and oxygen atoms in total. The molecule has 41 heavy (non-hydrogen) atoms. The van der Waals surface area contributed by atoms with Crippen molar-refractivity contribution >= 4 is 29.0 Å². The fourth-order valence-electron chi connectivity index (χ4n) is 5.33. The Morgan fingerprint density at radius 2 is 1.56 bits per heavy atom. The van der Waals surface area contributed by atoms with Crippen molar-refractivity contribution in [1.82, 2.24) is 5.32 Å². The van der Waals surface area contributed by atoms with Gasteiger partial charge >= 0.3 is 12.4 Å². The maximum absolute atomic E-state index is 13.4. The van der Waals surface area contributed by atoms with Crippen LogP contribution in [0.4, 0.5) is 37.7 Å². The number of nitrogens with one attached hydrogen (secondary N) is 1. The number of Topliss-reactive ketones (excluding diaryl/α,β-unsaturated/α-hetero) is 1. The first-order valence-electron chi connectivity index (χ1n) is 13.4. The van der Waals surface area contributed by atoms with Crippen molar-refractivity contribution in [3.05, 3.63) is 59.7 Å². The Labute approximate surface area is 233 Å². The number of benzene rings is 2. The number of nitrogens with two attached hydrogens (primary N) is 1. The van der Waals surface area contributed by atoms with Crippen LogP contribution >= 0.6 is 0 Å². The molecule has 0 unspecified atom stereocenters. The van der Waals surface area contributed by atoms with Crippen molar-refractivity contribution in [3.63, 3.8) is 0 Å². The zero-order valence-electron chi connectivity index (χ0n) is 22.1. The van der Waals surface area contributed by atoms with E-state index in [9.17, 15) is 40.7 Å². The van der Waals surface area contributed by atoms with Gasteiger partial charge in [0.2, 0.25) is 11.8 Å². The van der Waals surface area contributed by atoms with E-state index in [0.29, 0.717) is 11.5 Å². The van der Waals surface area contributed by atoms with Crippen LogP contribution in [0.3, 0.4) is 0 Å². The molecule has 2 aliphatic rings. The van der Waals surface area contributed by atoms with E-state index in [4.69, 9.17) is 5.73 Å². The molecule has 1 aliphatic heterocycles. The first-order valence-corrected chi connectivity index (χ1v) is 13.4. The summed E-state index contributed by atoms with van der Waals surface area (Å²) in [7, 11) is 0. The van der Waals surface area contributed by atoms with Crippen LogP contribution in [0.15, 0.2) is 48.5 Å². The van der Waals surface area contributed by atoms with Gasteiger partial charge in [-0.15, -0.1) is 0 Å². The lowest BCUT2D eigenvalue weighted by molar-refractivity contribution is -0.152. The normalized spacial score (nSPS) is 19.2. The number of hydrogen-bond donors (Lipinski definition) is 2. The van der Waals surface area contributed by atoms with Gasteiger partial charge in [-0.05, 0) is 60.9 Å². The number of alkyl halides is 6. The fraction of sp³-hybridized carbons (Fsp3) is 0.483. The van der Waals surface area contributed by atoms with Crippen LogP contribution in [-0.2, 0) is 20.8 Å². The largest absolute Gasteiger partial charge is 0.389 e. The summed E-state index contributed by atoms with van der Waals surface area (Å²) in [6.07, 6.45) is -12.3. The average molecular weight is 584 g/mol. The molecule has 0 aromatic heterocycles. The Morgan fingerprint density at radius 3 is 2.17 bits per heavy atom. The van der Waals surface area contributed by atoms with Gasteiger partial charge in [0.05, 0.1) is 6.54 Å². The molecule has 0 spiro atoms. The Balaban J connectivity index is 1.62. The van der Waals surface area contributed by atoms with Gasteiger partial charge in [0.25, 0.3) is 0 Å². The molecule has 1 saturated carbocycles. The number of para-hydroxylation sites is 1. The van der Waals surface area contributed by atoms with Gasteiger partial charge in [-0.3, -0.25) is 14.4 Å². The van der Waals surface area contributed by atoms with E-state index in [-0.39, 0.29) is 13.0 Å². The average Bonchev–Trinajstić information content (AvgIpc) is 3.73. The van der Waals surface area contributed by atoms with Crippen molar-refractivity contribution < 1.29 is 40.7 Å². The molecule has 2 aromatic carbocycles. The number of hydrogen-bond acceptors (Lipinski definition) is 4. The number of carbonyl (C=O) groups excluding carboxylic acids is 3. The van der Waals surface area contributed by atoms with E-state index in [1.807, 2.05) is 35.2 Å². The summed E-state index contributed by atoms with van der Waals surface area (Å²) in [6.45, 7) is -0.0640. The SMILES string of the molecule is NC(=O)[C@@H](CCC(F)(F)F)[C@@H](CCC(F)(F)F)C(=O)N[C@H]1CN(c2cccc(C3CC3)c2)c2ccccc2CC1=O. The molecule has 2 amide bonds. The molecule has 0 bridgehead atoms. The van der Waals surface area contributed by atoms with Crippen molar-refractivity contribution in [1.29, 1.82) is 0 Å². The molecule has 3 N–H and O–H groups in total. The van der Waals surface area contributed by atoms with E-state index in [0.717, 1.165) is 29.8 Å². The minimum atomic E-state index is -4.73. The molecule has 0 saturated heterocycles. The number of primary amides is 1. The lowest BCUT2D eigenvalue weighted by Crippen LogP contribution is -2.51. The van der Waals surface area contributed by atoms with E-state index in [2.05, 4.69) is 5.32 Å². The van der Waals surface area contributed by atoms with Crippen molar-refractivity contribution in [2.75, 3.05) is 11.4 Å². The van der Waals surface area contributed by atoms with Crippen molar-refractivity contribution in [2.24, 2.45) is 17.6 Å². The van der Waals surface area contributed by atoms with Gasteiger partial charge in [-0.25, -0.2) is 0 Å². The molecule has 3 atom stereocenters. The summed E-state index contributed by atoms with van der Waals surface area (Å²) in [5.41, 5.74) is 8.56. The summed E-state index contributed by atoms with van der Waals surface area (Å²) in [5.74, 6) is -6.02. The molecular weight excluding hydrogens is 552 g/mol. The number of amides is 2. The van der Waals surface area contributed by atoms with Crippen molar-refractivity contribution in [2.45, 2.75) is 69.3 Å². The molecule has 0 radical (unpaired) electrons. The second kappa shape index (κ2) is 12.1. The Bertz CT molecular complexity index is 1270. The maximum Gasteiger partial charge on any atom is 0.389 e. The molecule has 2 aromatic rings. The number of anilines is 2. The molecule has 1 fully saturated rings. The standard InChI is InChI=1S/C29H31F6N3O3/c30-28(31,32)12-10-21(26(36)40)22(11-13-29(33,34)35)27(41)37-23-16-38(20-6-3-5-18(14-20)17-8-9-17)24-7-2-1-4-19(24)15-25(23)39/h1-7,14,17,21-23H,8-13,15-16H2,(H2,36,40)(H,37,41)/t21-,22+,23-/m0/s1. The summed E-state index contributed by atoms with van der Waals surface area (Å²) in [5, 5.41) is 2.48. The number of fused-ring (bicyclic) bond motifs is 1. The highest BCUT2D eigenvalue weighted by Gasteiger charge is 2.41. The second-order valence-corrected chi connectivity index (χ2v) is 10.7. The first kappa shape index (κ1) is 30.4. The second-order valence-electron chi connectivity index (χ2n) is 10.7. The minimum absolute atomic E-state index is 0.0640. The number of nitrogens with zero attached hydrogens (tertiary/aromatic N) is 1. The van der Waals surface area contributed by atoms with Crippen molar-refractivity contribution in [3.8, 4) is 0 Å². The third-order valence-corrected chi connectivity index (χ3v) is 7.61. The quantitative estimate of drug-likeness (QED) is 0.351. The van der Waals surface area contributed by atoms with Crippen LogP contribution in [0.1, 0.15) is 55.6 Å². The smallest absolute Gasteiger partial charge is 0.369 e. The molecule has 222 valence electrons. The van der Waals surface area contributed by atoms with Gasteiger partial charge in [-0.1, -0.05) is 30.3 Å². The van der Waals surface area contributed by atoms with Crippen LogP contribution in [0.2, 0.25) is 0 Å². The van der Waals surface area contributed by atoms with Gasteiger partial charge in [0.1, 0.15) is 6.04 Å². The van der Waals surface area contributed by atoms with Gasteiger partial charge in [0, 0.05) is 42.5 Å². The number of ketones is 1. The highest BCUT2D eigenvalue weighted by molar-refractivity contribution is 5.95. The number of rotatable bonds is 10. The lowest BCUT2D eigenvalue weighted by Gasteiger charge is -2.30. The van der Waals surface area contributed by atoms with E-state index < -0.39 is 73.5 Å². The van der Waals surface area contributed by atoms with Crippen LogP contribution in [0.25, 0.3) is 0 Å². The number of carbonyl (C=O) groups is 3. The summed E-state index contributed by atoms with van der Waals surface area (Å²) in [6, 6.07) is 13.7. The van der Waals surface area contributed by atoms with Gasteiger partial charge in [-0.2, -0.15) is 26.3 Å². The Hall–Kier alpha value is -3.57. The zero-order valence-corrected chi connectivity index (χ0v) is 22.1. The monoisotopic (exact) mass is 583 g/mol. The predicted molar refractivity (Wildman–Crippen MR) is 139 cm³/mol. The zero-order chi connectivity index (χ0) is 29.9. The topological polar surface area (TPSA) is 92.5 Å². The molecule has 4 rings (SSSR count). The van der Waals surface area contributed by atoms with Crippen LogP contribution in [0.5, 0.6) is 0 Å². The van der Waals surface area contributed by atoms with E-state index >= 15 is 0 Å². The first-order chi connectivity index (χ1) is 19.2. The van der Waals surface area contributed by atoms with Gasteiger partial charge < -0.3 is 16.0 Å². The highest BCUT2D eigenvalue weighted by Crippen LogP contribution is 2.42. The Morgan fingerprint density at radius 1 is 0.927 bits per heavy atom. The lowest BCUT2D eigenvalue weighted by atomic mass is 9.83. The minimum Gasteiger partial charge on any atom is -0.369 e. The third kappa shape index (κ3) is 8.23. The van der Waals surface area contributed by atoms with Crippen LogP contribution in [-0.4, -0.2) is 42.5 Å². The Kier molecular flexibility index (Phi) is 8.98. The summed E-state index contributed by atoms with van der Waals surface area (Å²) in [4.78, 5) is 40.6. The van der Waals surface area contributed by atoms with Crippen LogP contribution in [0, 0.1) is 11.8 Å². The molecule has 1 heterocycles. The molecular formula is C29H31F6N3O3. The molecule has 12 heteroatoms. The predicted octanol–water partition coefficient (Wildman–Crippen LogP) is 5.71.